The van der Waals surface area contributed by atoms with E-state index in [1.807, 2.05) is 5.32 Å². The van der Waals surface area contributed by atoms with Gasteiger partial charge in [0.25, 0.3) is 5.91 Å². The van der Waals surface area contributed by atoms with Crippen LogP contribution in [-0.2, 0) is 20.7 Å². The standard InChI is InChI=1S/C18H16F3NO4/c1-25-12-5-2-11(3-6-12)4-9-16(24)26-10-15(23)22-14-8-7-13(19)17(20)18(14)21/h2-3,5-8H,4,9-10H2,1H3,(H,22,23). The Balaban J connectivity index is 1.77. The van der Waals surface area contributed by atoms with Gasteiger partial charge in [-0.25, -0.2) is 13.2 Å². The van der Waals surface area contributed by atoms with Gasteiger partial charge in [0.05, 0.1) is 12.8 Å². The summed E-state index contributed by atoms with van der Waals surface area (Å²) < 4.78 is 49.1. The molecule has 0 fully saturated rings. The van der Waals surface area contributed by atoms with Crippen LogP contribution in [0.5, 0.6) is 5.75 Å². The van der Waals surface area contributed by atoms with E-state index in [1.165, 1.54) is 0 Å². The summed E-state index contributed by atoms with van der Waals surface area (Å²) in [5.74, 6) is -5.39. The average molecular weight is 367 g/mol. The van der Waals surface area contributed by atoms with Crippen LogP contribution >= 0.6 is 0 Å². The fourth-order valence-electron chi connectivity index (χ4n) is 2.07. The number of nitrogens with one attached hydrogen (secondary N) is 1. The number of hydrogen-bond donors (Lipinski definition) is 1. The molecular formula is C18H16F3NO4. The molecule has 2 aromatic rings. The van der Waals surface area contributed by atoms with Crippen molar-refractivity contribution in [2.45, 2.75) is 12.8 Å². The van der Waals surface area contributed by atoms with Gasteiger partial charge >= 0.3 is 5.97 Å². The van der Waals surface area contributed by atoms with Gasteiger partial charge in [-0.3, -0.25) is 9.59 Å². The van der Waals surface area contributed by atoms with Crippen LogP contribution in [0.25, 0.3) is 0 Å². The van der Waals surface area contributed by atoms with Crippen LogP contribution < -0.4 is 10.1 Å². The molecule has 0 radical (unpaired) electrons. The number of carbonyl (C=O) groups is 2. The predicted molar refractivity (Wildman–Crippen MR) is 87.2 cm³/mol. The Morgan fingerprint density at radius 2 is 1.69 bits per heavy atom. The number of methoxy groups -OCH3 is 1. The first-order valence-electron chi connectivity index (χ1n) is 7.62. The zero-order chi connectivity index (χ0) is 19.1. The maximum absolute atomic E-state index is 13.4. The molecule has 8 heteroatoms. The zero-order valence-electron chi connectivity index (χ0n) is 13.9. The van der Waals surface area contributed by atoms with Crippen molar-refractivity contribution in [3.8, 4) is 5.75 Å². The Morgan fingerprint density at radius 3 is 2.35 bits per heavy atom. The fourth-order valence-corrected chi connectivity index (χ4v) is 2.07. The van der Waals surface area contributed by atoms with Crippen LogP contribution in [0.3, 0.4) is 0 Å². The SMILES string of the molecule is COc1ccc(CCC(=O)OCC(=O)Nc2ccc(F)c(F)c2F)cc1. The lowest BCUT2D eigenvalue weighted by atomic mass is 10.1. The average Bonchev–Trinajstić information content (AvgIpc) is 2.65. The minimum atomic E-state index is -1.70. The van der Waals surface area contributed by atoms with Crippen molar-refractivity contribution in [3.05, 3.63) is 59.4 Å². The van der Waals surface area contributed by atoms with Crippen LogP contribution in [0.15, 0.2) is 36.4 Å². The van der Waals surface area contributed by atoms with Crippen molar-refractivity contribution < 1.29 is 32.2 Å². The first kappa shape index (κ1) is 19.3. The van der Waals surface area contributed by atoms with Crippen molar-refractivity contribution >= 4 is 17.6 Å². The second kappa shape index (κ2) is 8.89. The molecule has 0 aliphatic heterocycles. The number of benzene rings is 2. The molecule has 0 unspecified atom stereocenters. The Kier molecular flexibility index (Phi) is 6.60. The Bertz CT molecular complexity index is 794. The molecule has 0 spiro atoms. The normalized spacial score (nSPS) is 10.3. The maximum atomic E-state index is 13.4. The van der Waals surface area contributed by atoms with E-state index in [2.05, 4.69) is 0 Å². The van der Waals surface area contributed by atoms with Crippen LogP contribution in [-0.4, -0.2) is 25.6 Å². The van der Waals surface area contributed by atoms with Crippen LogP contribution in [0.2, 0.25) is 0 Å². The topological polar surface area (TPSA) is 64.6 Å². The molecule has 0 bridgehead atoms. The van der Waals surface area contributed by atoms with E-state index in [9.17, 15) is 22.8 Å². The molecule has 0 atom stereocenters. The molecule has 1 N–H and O–H groups in total. The Hall–Kier alpha value is -3.03. The molecule has 2 aromatic carbocycles. The Morgan fingerprint density at radius 1 is 1.00 bits per heavy atom. The summed E-state index contributed by atoms with van der Waals surface area (Å²) in [6, 6.07) is 8.65. The van der Waals surface area contributed by atoms with Crippen molar-refractivity contribution in [1.29, 1.82) is 0 Å². The lowest BCUT2D eigenvalue weighted by molar-refractivity contribution is -0.147. The number of anilines is 1. The minimum absolute atomic E-state index is 0.0408. The van der Waals surface area contributed by atoms with Gasteiger partial charge in [-0.1, -0.05) is 12.1 Å². The number of halogens is 3. The number of aryl methyl sites for hydroxylation is 1. The summed E-state index contributed by atoms with van der Waals surface area (Å²) in [6.45, 7) is -0.667. The minimum Gasteiger partial charge on any atom is -0.497 e. The van der Waals surface area contributed by atoms with Gasteiger partial charge < -0.3 is 14.8 Å². The highest BCUT2D eigenvalue weighted by molar-refractivity contribution is 5.92. The smallest absolute Gasteiger partial charge is 0.306 e. The number of ether oxygens (including phenoxy) is 2. The largest absolute Gasteiger partial charge is 0.497 e. The molecular weight excluding hydrogens is 351 g/mol. The first-order chi connectivity index (χ1) is 12.4. The van der Waals surface area contributed by atoms with Crippen molar-refractivity contribution in [3.63, 3.8) is 0 Å². The molecule has 0 aliphatic carbocycles. The van der Waals surface area contributed by atoms with E-state index in [1.54, 1.807) is 31.4 Å². The Labute approximate surface area is 147 Å². The summed E-state index contributed by atoms with van der Waals surface area (Å²) >= 11 is 0. The maximum Gasteiger partial charge on any atom is 0.306 e. The summed E-state index contributed by atoms with van der Waals surface area (Å²) in [6.07, 6.45) is 0.446. The van der Waals surface area contributed by atoms with Crippen LogP contribution in [0, 0.1) is 17.5 Å². The second-order valence-electron chi connectivity index (χ2n) is 5.28. The van der Waals surface area contributed by atoms with E-state index in [-0.39, 0.29) is 6.42 Å². The van der Waals surface area contributed by atoms with E-state index >= 15 is 0 Å². The van der Waals surface area contributed by atoms with Crippen LogP contribution in [0.1, 0.15) is 12.0 Å². The zero-order valence-corrected chi connectivity index (χ0v) is 13.9. The molecule has 138 valence electrons. The van der Waals surface area contributed by atoms with Crippen molar-refractivity contribution in [2.75, 3.05) is 19.0 Å². The van der Waals surface area contributed by atoms with Gasteiger partial charge in [0.15, 0.2) is 24.1 Å². The molecule has 0 saturated carbocycles. The highest BCUT2D eigenvalue weighted by Crippen LogP contribution is 2.19. The third-order valence-electron chi connectivity index (χ3n) is 3.45. The van der Waals surface area contributed by atoms with E-state index in [0.29, 0.717) is 18.2 Å². The van der Waals surface area contributed by atoms with Gasteiger partial charge in [-0.15, -0.1) is 0 Å². The molecule has 2 rings (SSSR count). The predicted octanol–water partition coefficient (Wildman–Crippen LogP) is 3.23. The van der Waals surface area contributed by atoms with Gasteiger partial charge in [0, 0.05) is 6.42 Å². The van der Waals surface area contributed by atoms with Gasteiger partial charge in [0.1, 0.15) is 5.75 Å². The highest BCUT2D eigenvalue weighted by atomic mass is 19.2. The third kappa shape index (κ3) is 5.23. The molecule has 0 heterocycles. The number of hydrogen-bond acceptors (Lipinski definition) is 4. The number of rotatable bonds is 7. The second-order valence-corrected chi connectivity index (χ2v) is 5.28. The van der Waals surface area contributed by atoms with Crippen molar-refractivity contribution in [1.82, 2.24) is 0 Å². The quantitative estimate of drug-likeness (QED) is 0.603. The van der Waals surface area contributed by atoms with E-state index in [0.717, 1.165) is 11.6 Å². The fraction of sp³-hybridized carbons (Fsp3) is 0.222. The van der Waals surface area contributed by atoms with Gasteiger partial charge in [0.2, 0.25) is 0 Å². The molecule has 26 heavy (non-hydrogen) atoms. The molecule has 0 aromatic heterocycles. The van der Waals surface area contributed by atoms with E-state index < -0.39 is 41.6 Å². The third-order valence-corrected chi connectivity index (χ3v) is 3.45. The van der Waals surface area contributed by atoms with Crippen molar-refractivity contribution in [2.24, 2.45) is 0 Å². The van der Waals surface area contributed by atoms with Gasteiger partial charge in [-0.05, 0) is 36.2 Å². The summed E-state index contributed by atoms with van der Waals surface area (Å²) in [5.41, 5.74) is 0.347. The molecule has 5 nitrogen and oxygen atoms in total. The first-order valence-corrected chi connectivity index (χ1v) is 7.62. The van der Waals surface area contributed by atoms with Gasteiger partial charge in [-0.2, -0.15) is 0 Å². The lowest BCUT2D eigenvalue weighted by Crippen LogP contribution is -2.22. The number of esters is 1. The molecule has 0 aliphatic rings. The van der Waals surface area contributed by atoms with Crippen LogP contribution in [0.4, 0.5) is 18.9 Å². The number of carbonyl (C=O) groups excluding carboxylic acids is 2. The lowest BCUT2D eigenvalue weighted by Gasteiger charge is -2.08. The summed E-state index contributed by atoms with van der Waals surface area (Å²) in [4.78, 5) is 23.3. The highest BCUT2D eigenvalue weighted by Gasteiger charge is 2.16. The summed E-state index contributed by atoms with van der Waals surface area (Å²) in [7, 11) is 1.55. The number of amides is 1. The molecule has 0 saturated heterocycles. The van der Waals surface area contributed by atoms with E-state index in [4.69, 9.17) is 9.47 Å². The molecule has 1 amide bonds. The monoisotopic (exact) mass is 367 g/mol. The summed E-state index contributed by atoms with van der Waals surface area (Å²) in [5, 5.41) is 2.01.